The lowest BCUT2D eigenvalue weighted by atomic mass is 10.1. The van der Waals surface area contributed by atoms with Crippen LogP contribution in [-0.2, 0) is 0 Å². The van der Waals surface area contributed by atoms with E-state index in [1.807, 2.05) is 13.1 Å². The largest absolute Gasteiger partial charge is 0.371 e. The normalized spacial score (nSPS) is 13.0. The summed E-state index contributed by atoms with van der Waals surface area (Å²) in [6.45, 7) is 6.13. The zero-order valence-corrected chi connectivity index (χ0v) is 10.3. The van der Waals surface area contributed by atoms with Gasteiger partial charge in [-0.05, 0) is 19.3 Å². The molecule has 0 aliphatic heterocycles. The SMILES string of the molecule is CCC(C)/C=N\c1c(C)nc(N)nc1NC. The van der Waals surface area contributed by atoms with Crippen LogP contribution < -0.4 is 11.1 Å². The first kappa shape index (κ1) is 12.4. The Kier molecular flexibility index (Phi) is 4.22. The fourth-order valence-corrected chi connectivity index (χ4v) is 1.22. The molecule has 0 aliphatic carbocycles. The van der Waals surface area contributed by atoms with Gasteiger partial charge in [0.25, 0.3) is 0 Å². The van der Waals surface area contributed by atoms with Gasteiger partial charge in [0, 0.05) is 13.3 Å². The Morgan fingerprint density at radius 3 is 2.75 bits per heavy atom. The van der Waals surface area contributed by atoms with Crippen molar-refractivity contribution in [3.63, 3.8) is 0 Å². The molecule has 1 rings (SSSR count). The lowest BCUT2D eigenvalue weighted by Gasteiger charge is -2.08. The Morgan fingerprint density at radius 1 is 1.50 bits per heavy atom. The maximum atomic E-state index is 5.57. The molecule has 0 fully saturated rings. The molecule has 1 atom stereocenters. The van der Waals surface area contributed by atoms with Gasteiger partial charge >= 0.3 is 0 Å². The molecular weight excluding hydrogens is 202 g/mol. The number of hydrogen-bond acceptors (Lipinski definition) is 5. The van der Waals surface area contributed by atoms with Gasteiger partial charge in [-0.1, -0.05) is 13.8 Å². The summed E-state index contributed by atoms with van der Waals surface area (Å²) in [6.07, 6.45) is 2.98. The van der Waals surface area contributed by atoms with Gasteiger partial charge in [-0.25, -0.2) is 4.98 Å². The number of aromatic nitrogens is 2. The molecule has 3 N–H and O–H groups in total. The van der Waals surface area contributed by atoms with E-state index in [0.717, 1.165) is 17.8 Å². The fourth-order valence-electron chi connectivity index (χ4n) is 1.22. The van der Waals surface area contributed by atoms with Crippen LogP contribution in [0.4, 0.5) is 17.5 Å². The minimum absolute atomic E-state index is 0.268. The lowest BCUT2D eigenvalue weighted by Crippen LogP contribution is -2.02. The van der Waals surface area contributed by atoms with E-state index < -0.39 is 0 Å². The first-order valence-corrected chi connectivity index (χ1v) is 5.44. The molecule has 0 saturated carbocycles. The second-order valence-electron chi connectivity index (χ2n) is 3.78. The van der Waals surface area contributed by atoms with Crippen molar-refractivity contribution < 1.29 is 0 Å². The number of nitrogens with zero attached hydrogens (tertiary/aromatic N) is 3. The lowest BCUT2D eigenvalue weighted by molar-refractivity contribution is 0.754. The van der Waals surface area contributed by atoms with Crippen LogP contribution >= 0.6 is 0 Å². The van der Waals surface area contributed by atoms with Crippen LogP contribution in [0.15, 0.2) is 4.99 Å². The number of hydrogen-bond donors (Lipinski definition) is 2. The molecule has 1 unspecified atom stereocenters. The molecular formula is C11H19N5. The van der Waals surface area contributed by atoms with Crippen LogP contribution in [0, 0.1) is 12.8 Å². The Hall–Kier alpha value is -1.65. The summed E-state index contributed by atoms with van der Waals surface area (Å²) in [5.41, 5.74) is 7.12. The fraction of sp³-hybridized carbons (Fsp3) is 0.545. The number of nitrogen functional groups attached to an aromatic ring is 1. The zero-order valence-electron chi connectivity index (χ0n) is 10.3. The van der Waals surface area contributed by atoms with E-state index in [9.17, 15) is 0 Å². The van der Waals surface area contributed by atoms with E-state index in [4.69, 9.17) is 5.73 Å². The van der Waals surface area contributed by atoms with E-state index in [0.29, 0.717) is 11.7 Å². The van der Waals surface area contributed by atoms with Crippen molar-refractivity contribution in [2.24, 2.45) is 10.9 Å². The molecule has 0 aromatic carbocycles. The average molecular weight is 221 g/mol. The van der Waals surface area contributed by atoms with E-state index in [1.54, 1.807) is 7.05 Å². The summed E-state index contributed by atoms with van der Waals surface area (Å²) in [4.78, 5) is 12.6. The highest BCUT2D eigenvalue weighted by Crippen LogP contribution is 2.26. The van der Waals surface area contributed by atoms with Crippen molar-refractivity contribution in [2.75, 3.05) is 18.1 Å². The third-order valence-corrected chi connectivity index (χ3v) is 2.41. The summed E-state index contributed by atoms with van der Waals surface area (Å²) in [7, 11) is 1.80. The summed E-state index contributed by atoms with van der Waals surface area (Å²) in [5, 5.41) is 2.97. The van der Waals surface area contributed by atoms with Crippen molar-refractivity contribution in [1.82, 2.24) is 9.97 Å². The van der Waals surface area contributed by atoms with Crippen molar-refractivity contribution in [2.45, 2.75) is 27.2 Å². The van der Waals surface area contributed by atoms with Crippen molar-refractivity contribution >= 4 is 23.7 Å². The van der Waals surface area contributed by atoms with Crippen molar-refractivity contribution in [3.05, 3.63) is 5.69 Å². The van der Waals surface area contributed by atoms with Crippen LogP contribution in [0.2, 0.25) is 0 Å². The first-order chi connectivity index (χ1) is 7.58. The minimum Gasteiger partial charge on any atom is -0.371 e. The van der Waals surface area contributed by atoms with Crippen LogP contribution in [0.3, 0.4) is 0 Å². The van der Waals surface area contributed by atoms with Crippen molar-refractivity contribution in [1.29, 1.82) is 0 Å². The number of nitrogens with one attached hydrogen (secondary N) is 1. The quantitative estimate of drug-likeness (QED) is 0.764. The molecule has 5 heteroatoms. The highest BCUT2D eigenvalue weighted by Gasteiger charge is 2.07. The van der Waals surface area contributed by atoms with Crippen molar-refractivity contribution in [3.8, 4) is 0 Å². The molecule has 5 nitrogen and oxygen atoms in total. The van der Waals surface area contributed by atoms with Gasteiger partial charge in [0.05, 0.1) is 5.69 Å². The van der Waals surface area contributed by atoms with E-state index in [-0.39, 0.29) is 5.95 Å². The molecule has 88 valence electrons. The van der Waals surface area contributed by atoms with Gasteiger partial charge < -0.3 is 11.1 Å². The molecule has 0 radical (unpaired) electrons. The number of anilines is 2. The van der Waals surface area contributed by atoms with Crippen LogP contribution in [0.25, 0.3) is 0 Å². The Balaban J connectivity index is 3.07. The summed E-state index contributed by atoms with van der Waals surface area (Å²) in [5.74, 6) is 1.38. The number of rotatable bonds is 4. The third-order valence-electron chi connectivity index (χ3n) is 2.41. The van der Waals surface area contributed by atoms with Crippen LogP contribution in [0.1, 0.15) is 26.0 Å². The standard InChI is InChI=1S/C11H19N5/c1-5-7(2)6-14-9-8(3)15-11(12)16-10(9)13-4/h6-7H,5H2,1-4H3,(H3,12,13,15,16)/b14-6-. The minimum atomic E-state index is 0.268. The molecule has 16 heavy (non-hydrogen) atoms. The third kappa shape index (κ3) is 2.92. The van der Waals surface area contributed by atoms with Gasteiger partial charge in [-0.15, -0.1) is 0 Å². The maximum Gasteiger partial charge on any atom is 0.222 e. The first-order valence-electron chi connectivity index (χ1n) is 5.44. The molecule has 1 aromatic heterocycles. The molecule has 0 amide bonds. The molecule has 1 heterocycles. The zero-order chi connectivity index (χ0) is 12.1. The van der Waals surface area contributed by atoms with Crippen LogP contribution in [-0.4, -0.2) is 23.2 Å². The van der Waals surface area contributed by atoms with Gasteiger partial charge in [-0.2, -0.15) is 4.98 Å². The number of aliphatic imine (C=N–C) groups is 1. The van der Waals surface area contributed by atoms with E-state index in [2.05, 4.69) is 34.1 Å². The van der Waals surface area contributed by atoms with Gasteiger partial charge in [-0.3, -0.25) is 4.99 Å². The highest BCUT2D eigenvalue weighted by atomic mass is 15.1. The summed E-state index contributed by atoms with van der Waals surface area (Å²) in [6, 6.07) is 0. The molecule has 0 bridgehead atoms. The number of nitrogens with two attached hydrogens (primary N) is 1. The van der Waals surface area contributed by atoms with E-state index >= 15 is 0 Å². The van der Waals surface area contributed by atoms with Crippen LogP contribution in [0.5, 0.6) is 0 Å². The predicted molar refractivity (Wildman–Crippen MR) is 68.3 cm³/mol. The molecule has 0 aliphatic rings. The Bertz CT molecular complexity index is 386. The van der Waals surface area contributed by atoms with Gasteiger partial charge in [0.15, 0.2) is 5.82 Å². The molecule has 0 spiro atoms. The smallest absolute Gasteiger partial charge is 0.222 e. The Morgan fingerprint density at radius 2 is 2.19 bits per heavy atom. The monoisotopic (exact) mass is 221 g/mol. The second-order valence-corrected chi connectivity index (χ2v) is 3.78. The average Bonchev–Trinajstić information content (AvgIpc) is 2.26. The molecule has 0 saturated heterocycles. The van der Waals surface area contributed by atoms with Gasteiger partial charge in [0.1, 0.15) is 5.69 Å². The molecule has 1 aromatic rings. The number of aryl methyl sites for hydroxylation is 1. The van der Waals surface area contributed by atoms with E-state index in [1.165, 1.54) is 0 Å². The predicted octanol–water partition coefficient (Wildman–Crippen LogP) is 2.16. The topological polar surface area (TPSA) is 76.2 Å². The summed E-state index contributed by atoms with van der Waals surface area (Å²) < 4.78 is 0. The second kappa shape index (κ2) is 5.44. The Labute approximate surface area is 96.2 Å². The highest BCUT2D eigenvalue weighted by molar-refractivity contribution is 5.73. The maximum absolute atomic E-state index is 5.57. The summed E-state index contributed by atoms with van der Waals surface area (Å²) >= 11 is 0. The van der Waals surface area contributed by atoms with Gasteiger partial charge in [0.2, 0.25) is 5.95 Å².